The number of hydrogen-bond acceptors (Lipinski definition) is 3. The number of anilines is 1. The predicted molar refractivity (Wildman–Crippen MR) is 66.7 cm³/mol. The minimum Gasteiger partial charge on any atom is -0.389 e. The minimum atomic E-state index is -0.739. The molecule has 3 nitrogen and oxygen atoms in total. The Bertz CT molecular complexity index is 363. The number of hydrogen-bond donors (Lipinski definition) is 2. The lowest BCUT2D eigenvalue weighted by molar-refractivity contribution is 0.0621. The maximum absolute atomic E-state index is 9.88. The molecule has 88 valence electrons. The van der Waals surface area contributed by atoms with Gasteiger partial charge in [0.05, 0.1) is 5.60 Å². The first-order chi connectivity index (χ1) is 7.62. The van der Waals surface area contributed by atoms with Crippen molar-refractivity contribution < 1.29 is 5.11 Å². The summed E-state index contributed by atoms with van der Waals surface area (Å²) in [6.45, 7) is 4.05. The van der Waals surface area contributed by atoms with Crippen molar-refractivity contribution >= 4 is 5.69 Å². The van der Waals surface area contributed by atoms with Crippen LogP contribution in [0.5, 0.6) is 0 Å². The Hall–Kier alpha value is -1.06. The second-order valence-corrected chi connectivity index (χ2v) is 4.82. The second-order valence-electron chi connectivity index (χ2n) is 4.82. The van der Waals surface area contributed by atoms with Crippen LogP contribution in [0.1, 0.15) is 18.9 Å². The molecule has 3 N–H and O–H groups in total. The largest absolute Gasteiger partial charge is 0.389 e. The summed E-state index contributed by atoms with van der Waals surface area (Å²) in [6, 6.07) is 8.48. The number of nitrogens with two attached hydrogens (primary N) is 1. The van der Waals surface area contributed by atoms with Crippen molar-refractivity contribution in [2.24, 2.45) is 5.73 Å². The van der Waals surface area contributed by atoms with E-state index in [-0.39, 0.29) is 0 Å². The zero-order chi connectivity index (χ0) is 11.6. The van der Waals surface area contributed by atoms with E-state index in [2.05, 4.69) is 29.2 Å². The van der Waals surface area contributed by atoms with Gasteiger partial charge in [0.15, 0.2) is 0 Å². The van der Waals surface area contributed by atoms with Crippen molar-refractivity contribution in [3.05, 3.63) is 29.8 Å². The van der Waals surface area contributed by atoms with E-state index >= 15 is 0 Å². The summed E-state index contributed by atoms with van der Waals surface area (Å²) in [4.78, 5) is 2.33. The number of aliphatic hydroxyl groups is 1. The minimum absolute atomic E-state index is 0.322. The molecule has 0 saturated carbocycles. The summed E-state index contributed by atoms with van der Waals surface area (Å²) in [5, 5.41) is 9.88. The molecule has 0 saturated heterocycles. The summed E-state index contributed by atoms with van der Waals surface area (Å²) < 4.78 is 0. The first kappa shape index (κ1) is 11.4. The van der Waals surface area contributed by atoms with E-state index in [1.54, 1.807) is 6.92 Å². The van der Waals surface area contributed by atoms with Crippen LogP contribution in [0.25, 0.3) is 0 Å². The van der Waals surface area contributed by atoms with Crippen LogP contribution in [0.4, 0.5) is 5.69 Å². The smallest absolute Gasteiger partial charge is 0.0758 e. The molecule has 0 aromatic heterocycles. The van der Waals surface area contributed by atoms with Gasteiger partial charge in [0.25, 0.3) is 0 Å². The molecule has 2 rings (SSSR count). The Labute approximate surface area is 96.9 Å². The molecule has 1 atom stereocenters. The lowest BCUT2D eigenvalue weighted by Crippen LogP contribution is -2.38. The molecular formula is C13H20N2O. The van der Waals surface area contributed by atoms with E-state index < -0.39 is 5.60 Å². The Balaban J connectivity index is 1.99. The van der Waals surface area contributed by atoms with Crippen molar-refractivity contribution in [3.8, 4) is 0 Å². The summed E-state index contributed by atoms with van der Waals surface area (Å²) in [5.41, 5.74) is 7.51. The van der Waals surface area contributed by atoms with Crippen molar-refractivity contribution in [2.45, 2.75) is 25.4 Å². The lowest BCUT2D eigenvalue weighted by Gasteiger charge is -2.26. The van der Waals surface area contributed by atoms with Crippen molar-refractivity contribution in [3.63, 3.8) is 0 Å². The molecule has 0 fully saturated rings. The van der Waals surface area contributed by atoms with E-state index in [1.165, 1.54) is 11.3 Å². The SMILES string of the molecule is CC(O)(CN)CCN1CCc2ccccc21. The Morgan fingerprint density at radius 2 is 2.19 bits per heavy atom. The molecule has 0 aliphatic carbocycles. The molecule has 1 aliphatic heterocycles. The lowest BCUT2D eigenvalue weighted by atomic mass is 10.0. The molecule has 1 aromatic rings. The molecule has 0 radical (unpaired) electrons. The number of rotatable bonds is 4. The fourth-order valence-electron chi connectivity index (χ4n) is 2.12. The van der Waals surface area contributed by atoms with Gasteiger partial charge in [-0.1, -0.05) is 18.2 Å². The maximum Gasteiger partial charge on any atom is 0.0758 e. The topological polar surface area (TPSA) is 49.5 Å². The highest BCUT2D eigenvalue weighted by Crippen LogP contribution is 2.28. The molecule has 0 amide bonds. The van der Waals surface area contributed by atoms with Crippen LogP contribution in [0.2, 0.25) is 0 Å². The highest BCUT2D eigenvalue weighted by Gasteiger charge is 2.23. The summed E-state index contributed by atoms with van der Waals surface area (Å²) in [5.74, 6) is 0. The van der Waals surface area contributed by atoms with Crippen LogP contribution < -0.4 is 10.6 Å². The normalized spacial score (nSPS) is 18.3. The fourth-order valence-corrected chi connectivity index (χ4v) is 2.12. The van der Waals surface area contributed by atoms with Crippen molar-refractivity contribution in [2.75, 3.05) is 24.5 Å². The van der Waals surface area contributed by atoms with E-state index in [9.17, 15) is 5.11 Å². The van der Waals surface area contributed by atoms with Crippen molar-refractivity contribution in [1.82, 2.24) is 0 Å². The highest BCUT2D eigenvalue weighted by atomic mass is 16.3. The standard InChI is InChI=1S/C13H20N2O/c1-13(16,10-14)7-9-15-8-6-11-4-2-3-5-12(11)15/h2-5,16H,6-10,14H2,1H3. The molecule has 1 aromatic carbocycles. The van der Waals surface area contributed by atoms with Crippen LogP contribution in [-0.4, -0.2) is 30.3 Å². The fraction of sp³-hybridized carbons (Fsp3) is 0.538. The zero-order valence-corrected chi connectivity index (χ0v) is 9.82. The maximum atomic E-state index is 9.88. The van der Waals surface area contributed by atoms with Gasteiger partial charge in [-0.15, -0.1) is 0 Å². The summed E-state index contributed by atoms with van der Waals surface area (Å²) in [6.07, 6.45) is 1.83. The van der Waals surface area contributed by atoms with E-state index in [0.717, 1.165) is 25.9 Å². The van der Waals surface area contributed by atoms with Gasteiger partial charge in [-0.3, -0.25) is 0 Å². The van der Waals surface area contributed by atoms with E-state index in [4.69, 9.17) is 5.73 Å². The monoisotopic (exact) mass is 220 g/mol. The molecular weight excluding hydrogens is 200 g/mol. The first-order valence-corrected chi connectivity index (χ1v) is 5.88. The van der Waals surface area contributed by atoms with Crippen molar-refractivity contribution in [1.29, 1.82) is 0 Å². The molecule has 16 heavy (non-hydrogen) atoms. The van der Waals surface area contributed by atoms with Gasteiger partial charge in [-0.25, -0.2) is 0 Å². The second kappa shape index (κ2) is 4.44. The van der Waals surface area contributed by atoms with Crippen LogP contribution in [-0.2, 0) is 6.42 Å². The van der Waals surface area contributed by atoms with Crippen LogP contribution >= 0.6 is 0 Å². The summed E-state index contributed by atoms with van der Waals surface area (Å²) >= 11 is 0. The number of fused-ring (bicyclic) bond motifs is 1. The van der Waals surface area contributed by atoms with Gasteiger partial charge in [0, 0.05) is 25.3 Å². The Morgan fingerprint density at radius 1 is 1.44 bits per heavy atom. The van der Waals surface area contributed by atoms with Gasteiger partial charge < -0.3 is 15.7 Å². The average molecular weight is 220 g/mol. The molecule has 0 bridgehead atoms. The molecule has 3 heteroatoms. The predicted octanol–water partition coefficient (Wildman–Crippen LogP) is 1.15. The third kappa shape index (κ3) is 2.36. The molecule has 1 aliphatic rings. The third-order valence-corrected chi connectivity index (χ3v) is 3.34. The first-order valence-electron chi connectivity index (χ1n) is 5.88. The third-order valence-electron chi connectivity index (χ3n) is 3.34. The number of benzene rings is 1. The Kier molecular flexibility index (Phi) is 3.17. The molecule has 0 spiro atoms. The average Bonchev–Trinajstić information content (AvgIpc) is 2.70. The van der Waals surface area contributed by atoms with E-state index in [0.29, 0.717) is 6.54 Å². The van der Waals surface area contributed by atoms with Gasteiger partial charge in [-0.2, -0.15) is 0 Å². The quantitative estimate of drug-likeness (QED) is 0.800. The van der Waals surface area contributed by atoms with Gasteiger partial charge in [0.1, 0.15) is 0 Å². The molecule has 1 unspecified atom stereocenters. The van der Waals surface area contributed by atoms with E-state index in [1.807, 2.05) is 0 Å². The number of para-hydroxylation sites is 1. The van der Waals surface area contributed by atoms with Crippen LogP contribution in [0.3, 0.4) is 0 Å². The Morgan fingerprint density at radius 3 is 2.94 bits per heavy atom. The highest BCUT2D eigenvalue weighted by molar-refractivity contribution is 5.57. The summed E-state index contributed by atoms with van der Waals surface area (Å²) in [7, 11) is 0. The van der Waals surface area contributed by atoms with Gasteiger partial charge >= 0.3 is 0 Å². The van der Waals surface area contributed by atoms with Crippen LogP contribution in [0.15, 0.2) is 24.3 Å². The van der Waals surface area contributed by atoms with Gasteiger partial charge in [0.2, 0.25) is 0 Å². The van der Waals surface area contributed by atoms with Gasteiger partial charge in [-0.05, 0) is 31.4 Å². The number of nitrogens with zero attached hydrogens (tertiary/aromatic N) is 1. The van der Waals surface area contributed by atoms with Crippen LogP contribution in [0, 0.1) is 0 Å². The zero-order valence-electron chi connectivity index (χ0n) is 9.82. The molecule has 1 heterocycles.